The molecule has 0 atom stereocenters. The van der Waals surface area contributed by atoms with Crippen molar-refractivity contribution >= 4 is 7.14 Å². The molecule has 0 amide bonds. The van der Waals surface area contributed by atoms with E-state index in [1.165, 1.54) is 12.8 Å². The van der Waals surface area contributed by atoms with E-state index in [-0.39, 0.29) is 0 Å². The van der Waals surface area contributed by atoms with Crippen LogP contribution in [-0.2, 0) is 4.57 Å². The predicted octanol–water partition coefficient (Wildman–Crippen LogP) is 2.41. The van der Waals surface area contributed by atoms with Crippen LogP contribution in [0.15, 0.2) is 0 Å². The zero-order valence-corrected chi connectivity index (χ0v) is 7.16. The largest absolute Gasteiger partial charge is 0.324 e. The number of hydrogen-bond donors (Lipinski definition) is 0. The quantitative estimate of drug-likeness (QED) is 0.479. The average molecular weight is 146 g/mol. The summed E-state index contributed by atoms with van der Waals surface area (Å²) in [5.41, 5.74) is 0. The highest BCUT2D eigenvalue weighted by atomic mass is 31.2. The average Bonchev–Trinajstić information content (AvgIpc) is 1.78. The van der Waals surface area contributed by atoms with E-state index in [1.54, 1.807) is 0 Å². The molecule has 0 N–H and O–H groups in total. The molecule has 1 rings (SSSR count). The van der Waals surface area contributed by atoms with Crippen molar-refractivity contribution < 1.29 is 4.57 Å². The van der Waals surface area contributed by atoms with Crippen LogP contribution in [0.5, 0.6) is 0 Å². The third-order valence-electron chi connectivity index (χ3n) is 2.19. The smallest absolute Gasteiger partial charge is 0.0848 e. The van der Waals surface area contributed by atoms with Crippen LogP contribution in [-0.4, -0.2) is 19.0 Å². The first-order valence-electron chi connectivity index (χ1n) is 3.66. The first kappa shape index (κ1) is 7.34. The summed E-state index contributed by atoms with van der Waals surface area (Å²) < 4.78 is 11.4. The maximum atomic E-state index is 11.4. The van der Waals surface area contributed by atoms with E-state index in [1.807, 2.05) is 6.66 Å². The fourth-order valence-corrected chi connectivity index (χ4v) is 3.44. The maximum Gasteiger partial charge on any atom is 0.0848 e. The van der Waals surface area contributed by atoms with Gasteiger partial charge in [0.1, 0.15) is 0 Å². The molecule has 0 spiro atoms. The monoisotopic (exact) mass is 146 g/mol. The van der Waals surface area contributed by atoms with Gasteiger partial charge >= 0.3 is 0 Å². The zero-order chi connectivity index (χ0) is 6.91. The second-order valence-corrected chi connectivity index (χ2v) is 6.91. The molecule has 54 valence electrons. The van der Waals surface area contributed by atoms with Crippen LogP contribution in [0.25, 0.3) is 0 Å². The lowest BCUT2D eigenvalue weighted by atomic mass is 10.1. The van der Waals surface area contributed by atoms with E-state index in [9.17, 15) is 4.57 Å². The predicted molar refractivity (Wildman–Crippen MR) is 41.7 cm³/mol. The summed E-state index contributed by atoms with van der Waals surface area (Å²) in [6.07, 6.45) is 4.36. The van der Waals surface area contributed by atoms with Gasteiger partial charge in [0, 0.05) is 12.3 Å². The molecule has 1 heterocycles. The lowest BCUT2D eigenvalue weighted by Crippen LogP contribution is -2.09. The van der Waals surface area contributed by atoms with Crippen molar-refractivity contribution in [2.24, 2.45) is 5.92 Å². The molecule has 0 saturated carbocycles. The van der Waals surface area contributed by atoms with Gasteiger partial charge in [-0.25, -0.2) is 0 Å². The number of hydrogen-bond acceptors (Lipinski definition) is 1. The fourth-order valence-electron chi connectivity index (χ4n) is 1.24. The first-order valence-corrected chi connectivity index (χ1v) is 6.18. The number of rotatable bonds is 0. The molecule has 0 aromatic heterocycles. The van der Waals surface area contributed by atoms with Crippen LogP contribution < -0.4 is 0 Å². The van der Waals surface area contributed by atoms with E-state index < -0.39 is 7.14 Å². The van der Waals surface area contributed by atoms with Gasteiger partial charge in [0.05, 0.1) is 7.14 Å². The van der Waals surface area contributed by atoms with Crippen LogP contribution in [0.2, 0.25) is 0 Å². The summed E-state index contributed by atoms with van der Waals surface area (Å²) in [4.78, 5) is 0. The van der Waals surface area contributed by atoms with E-state index >= 15 is 0 Å². The molecule has 1 fully saturated rings. The van der Waals surface area contributed by atoms with Gasteiger partial charge < -0.3 is 4.57 Å². The molecule has 0 aliphatic carbocycles. The molecule has 0 radical (unpaired) electrons. The highest BCUT2D eigenvalue weighted by Crippen LogP contribution is 2.47. The molecule has 0 aromatic carbocycles. The molecule has 0 bridgehead atoms. The normalized spacial score (nSPS) is 44.9. The van der Waals surface area contributed by atoms with E-state index in [0.717, 1.165) is 18.2 Å². The Morgan fingerprint density at radius 1 is 1.33 bits per heavy atom. The topological polar surface area (TPSA) is 17.1 Å². The van der Waals surface area contributed by atoms with Gasteiger partial charge in [-0.2, -0.15) is 0 Å². The van der Waals surface area contributed by atoms with Crippen LogP contribution in [0.1, 0.15) is 19.8 Å². The third-order valence-corrected chi connectivity index (χ3v) is 4.60. The van der Waals surface area contributed by atoms with Crippen LogP contribution in [0.4, 0.5) is 0 Å². The highest BCUT2D eigenvalue weighted by molar-refractivity contribution is 7.63. The van der Waals surface area contributed by atoms with Gasteiger partial charge in [-0.3, -0.25) is 0 Å². The summed E-state index contributed by atoms with van der Waals surface area (Å²) in [7, 11) is -1.62. The Bertz CT molecular complexity index is 130. The molecular formula is C7H15OP. The van der Waals surface area contributed by atoms with Crippen molar-refractivity contribution in [3.8, 4) is 0 Å². The SMILES string of the molecule is CC1CCP(C)(=O)CC1. The lowest BCUT2D eigenvalue weighted by Gasteiger charge is -2.23. The van der Waals surface area contributed by atoms with Gasteiger partial charge in [0.2, 0.25) is 0 Å². The van der Waals surface area contributed by atoms with Crippen molar-refractivity contribution in [1.82, 2.24) is 0 Å². The molecular weight excluding hydrogens is 131 g/mol. The maximum absolute atomic E-state index is 11.4. The van der Waals surface area contributed by atoms with Crippen molar-refractivity contribution in [3.05, 3.63) is 0 Å². The van der Waals surface area contributed by atoms with Gasteiger partial charge in [0.15, 0.2) is 0 Å². The van der Waals surface area contributed by atoms with Crippen molar-refractivity contribution in [3.63, 3.8) is 0 Å². The molecule has 1 saturated heterocycles. The van der Waals surface area contributed by atoms with Gasteiger partial charge in [-0.05, 0) is 25.4 Å². The van der Waals surface area contributed by atoms with Crippen LogP contribution in [0.3, 0.4) is 0 Å². The van der Waals surface area contributed by atoms with Gasteiger partial charge in [-0.15, -0.1) is 0 Å². The second-order valence-electron chi connectivity index (χ2n) is 3.43. The van der Waals surface area contributed by atoms with E-state index in [2.05, 4.69) is 6.92 Å². The Balaban J connectivity index is 2.44. The van der Waals surface area contributed by atoms with Crippen LogP contribution in [0, 0.1) is 5.92 Å². The molecule has 0 aromatic rings. The van der Waals surface area contributed by atoms with Crippen molar-refractivity contribution in [2.45, 2.75) is 19.8 Å². The minimum Gasteiger partial charge on any atom is -0.324 e. The van der Waals surface area contributed by atoms with Gasteiger partial charge in [0.25, 0.3) is 0 Å². The lowest BCUT2D eigenvalue weighted by molar-refractivity contribution is 0.501. The van der Waals surface area contributed by atoms with Crippen LogP contribution >= 0.6 is 7.14 Å². The third kappa shape index (κ3) is 2.14. The minimum absolute atomic E-state index is 0.826. The Morgan fingerprint density at radius 2 is 1.78 bits per heavy atom. The zero-order valence-electron chi connectivity index (χ0n) is 6.26. The molecule has 1 aliphatic rings. The first-order chi connectivity index (χ1) is 4.10. The molecule has 1 aliphatic heterocycles. The summed E-state index contributed by atoms with van der Waals surface area (Å²) in [6.45, 7) is 4.19. The Kier molecular flexibility index (Phi) is 2.00. The van der Waals surface area contributed by atoms with Crippen molar-refractivity contribution in [1.29, 1.82) is 0 Å². The standard InChI is InChI=1S/C7H15OP/c1-7-3-5-9(2,8)6-4-7/h7H,3-6H2,1-2H3. The Morgan fingerprint density at radius 3 is 2.11 bits per heavy atom. The second kappa shape index (κ2) is 2.46. The summed E-state index contributed by atoms with van der Waals surface area (Å²) in [5, 5.41) is 0. The molecule has 0 unspecified atom stereocenters. The fraction of sp³-hybridized carbons (Fsp3) is 1.00. The van der Waals surface area contributed by atoms with Crippen molar-refractivity contribution in [2.75, 3.05) is 19.0 Å². The Labute approximate surface area is 57.2 Å². The molecule has 1 nitrogen and oxygen atoms in total. The van der Waals surface area contributed by atoms with E-state index in [0.29, 0.717) is 0 Å². The van der Waals surface area contributed by atoms with Gasteiger partial charge in [-0.1, -0.05) is 6.92 Å². The summed E-state index contributed by atoms with van der Waals surface area (Å²) in [6, 6.07) is 0. The Hall–Kier alpha value is 0.230. The minimum atomic E-state index is -1.62. The molecule has 9 heavy (non-hydrogen) atoms. The highest BCUT2D eigenvalue weighted by Gasteiger charge is 2.22. The summed E-state index contributed by atoms with van der Waals surface area (Å²) in [5.74, 6) is 0.826. The molecule has 2 heteroatoms. The van der Waals surface area contributed by atoms with E-state index in [4.69, 9.17) is 0 Å². The summed E-state index contributed by atoms with van der Waals surface area (Å²) >= 11 is 0.